The molecule has 0 aromatic rings. The molecule has 0 aromatic heterocycles. The molecule has 34 heavy (non-hydrogen) atoms. The largest absolute Gasteiger partial charge is 0.550 e. The van der Waals surface area contributed by atoms with Gasteiger partial charge in [0.25, 0.3) is 0 Å². The maximum absolute atomic E-state index is 10.5. The van der Waals surface area contributed by atoms with Crippen LogP contribution in [-0.2, 0) is 4.79 Å². The van der Waals surface area contributed by atoms with E-state index in [-0.39, 0.29) is 12.5 Å². The number of rotatable bonds is 27. The van der Waals surface area contributed by atoms with Crippen LogP contribution in [0.4, 0.5) is 0 Å². The van der Waals surface area contributed by atoms with Crippen LogP contribution in [0.25, 0.3) is 0 Å². The second-order valence-electron chi connectivity index (χ2n) is 11.5. The molecule has 0 rings (SSSR count). The topological polar surface area (TPSA) is 60.4 Å². The minimum atomic E-state index is -0.925. The average molecular weight is 484 g/mol. The Kier molecular flexibility index (Phi) is 23.7. The second kappa shape index (κ2) is 24.1. The molecule has 0 heterocycles. The van der Waals surface area contributed by atoms with Gasteiger partial charge in [-0.3, -0.25) is 0 Å². The Morgan fingerprint density at radius 3 is 1.47 bits per heavy atom. The van der Waals surface area contributed by atoms with Gasteiger partial charge in [-0.2, -0.15) is 0 Å². The Bertz CT molecular complexity index is 439. The monoisotopic (exact) mass is 483 g/mol. The summed E-state index contributed by atoms with van der Waals surface area (Å²) < 4.78 is 0.908. The van der Waals surface area contributed by atoms with E-state index >= 15 is 0 Å². The van der Waals surface area contributed by atoms with Gasteiger partial charge in [0, 0.05) is 5.97 Å². The highest BCUT2D eigenvalue weighted by molar-refractivity contribution is 5.63. The molecule has 0 aromatic carbocycles. The summed E-state index contributed by atoms with van der Waals surface area (Å²) in [6.07, 6.45) is 28.0. The van der Waals surface area contributed by atoms with Crippen molar-refractivity contribution in [3.05, 3.63) is 0 Å². The zero-order chi connectivity index (χ0) is 25.3. The molecule has 0 radical (unpaired) electrons. The molecule has 0 bridgehead atoms. The Morgan fingerprint density at radius 2 is 1.03 bits per heavy atom. The summed E-state index contributed by atoms with van der Waals surface area (Å²) in [5.74, 6) is -0.925. The van der Waals surface area contributed by atoms with E-state index in [1.807, 2.05) is 0 Å². The molecule has 4 nitrogen and oxygen atoms in total. The third-order valence-electron chi connectivity index (χ3n) is 7.24. The Labute approximate surface area is 213 Å². The van der Waals surface area contributed by atoms with Crippen LogP contribution in [0.1, 0.15) is 155 Å². The van der Waals surface area contributed by atoms with Crippen LogP contribution >= 0.6 is 0 Å². The normalized spacial score (nSPS) is 12.8. The van der Waals surface area contributed by atoms with Gasteiger partial charge >= 0.3 is 0 Å². The molecule has 0 aliphatic heterocycles. The molecule has 0 spiro atoms. The van der Waals surface area contributed by atoms with Crippen molar-refractivity contribution in [1.82, 2.24) is 0 Å². The predicted molar refractivity (Wildman–Crippen MR) is 145 cm³/mol. The lowest BCUT2D eigenvalue weighted by molar-refractivity contribution is -0.893. The number of carboxylic acid groups (broad SMARTS) is 1. The van der Waals surface area contributed by atoms with Crippen LogP contribution in [0.15, 0.2) is 0 Å². The number of carbonyl (C=O) groups is 1. The number of carboxylic acids is 1. The third-order valence-corrected chi connectivity index (χ3v) is 7.24. The first kappa shape index (κ1) is 33.4. The van der Waals surface area contributed by atoms with Crippen molar-refractivity contribution in [3.63, 3.8) is 0 Å². The summed E-state index contributed by atoms with van der Waals surface area (Å²) in [7, 11) is 4.49. The lowest BCUT2D eigenvalue weighted by atomic mass is 10.0. The smallest absolute Gasteiger partial charge is 0.105 e. The van der Waals surface area contributed by atoms with Crippen molar-refractivity contribution < 1.29 is 19.5 Å². The standard InChI is InChI=1S/C30H61NO3/c1-4-5-6-7-8-9-10-11-12-13-14-16-19-22-25-29(32)28-31(2,3)27-24-21-18-15-17-20-23-26-30(33)34/h29,32H,4-28H2,1-3H3. The molecule has 0 aliphatic carbocycles. The van der Waals surface area contributed by atoms with Gasteiger partial charge in [0.15, 0.2) is 0 Å². The summed E-state index contributed by atoms with van der Waals surface area (Å²) in [5.41, 5.74) is 0. The van der Waals surface area contributed by atoms with Gasteiger partial charge in [-0.05, 0) is 32.1 Å². The van der Waals surface area contributed by atoms with Gasteiger partial charge in [0.05, 0.1) is 20.6 Å². The van der Waals surface area contributed by atoms with E-state index in [1.54, 1.807) is 0 Å². The molecule has 204 valence electrons. The maximum Gasteiger partial charge on any atom is 0.105 e. The number of hydrogen-bond acceptors (Lipinski definition) is 3. The van der Waals surface area contributed by atoms with E-state index < -0.39 is 5.97 Å². The first-order valence-corrected chi connectivity index (χ1v) is 15.1. The van der Waals surface area contributed by atoms with Crippen molar-refractivity contribution in [2.24, 2.45) is 0 Å². The van der Waals surface area contributed by atoms with Gasteiger partial charge in [-0.25, -0.2) is 0 Å². The van der Waals surface area contributed by atoms with Crippen molar-refractivity contribution in [1.29, 1.82) is 0 Å². The van der Waals surface area contributed by atoms with E-state index in [1.165, 1.54) is 109 Å². The number of aliphatic hydroxyl groups is 1. The maximum atomic E-state index is 10.5. The van der Waals surface area contributed by atoms with Crippen LogP contribution < -0.4 is 5.11 Å². The van der Waals surface area contributed by atoms with Crippen LogP contribution in [0.3, 0.4) is 0 Å². The Hall–Kier alpha value is -0.610. The molecule has 0 saturated carbocycles. The van der Waals surface area contributed by atoms with Gasteiger partial charge in [-0.1, -0.05) is 122 Å². The van der Waals surface area contributed by atoms with Crippen molar-refractivity contribution >= 4 is 5.97 Å². The molecular formula is C30H61NO3. The van der Waals surface area contributed by atoms with Crippen LogP contribution in [-0.4, -0.2) is 48.8 Å². The lowest BCUT2D eigenvalue weighted by Gasteiger charge is -2.32. The Balaban J connectivity index is 3.44. The second-order valence-corrected chi connectivity index (χ2v) is 11.5. The van der Waals surface area contributed by atoms with Gasteiger partial charge in [0.1, 0.15) is 12.6 Å². The minimum Gasteiger partial charge on any atom is -0.550 e. The zero-order valence-electron chi connectivity index (χ0n) is 23.5. The molecule has 1 atom stereocenters. The lowest BCUT2D eigenvalue weighted by Crippen LogP contribution is -2.45. The summed E-state index contributed by atoms with van der Waals surface area (Å²) in [6.45, 7) is 4.27. The fourth-order valence-corrected chi connectivity index (χ4v) is 5.02. The molecule has 1 N–H and O–H groups in total. The van der Waals surface area contributed by atoms with E-state index in [9.17, 15) is 15.0 Å². The van der Waals surface area contributed by atoms with E-state index in [0.717, 1.165) is 49.7 Å². The highest BCUT2D eigenvalue weighted by Gasteiger charge is 2.19. The van der Waals surface area contributed by atoms with Crippen LogP contribution in [0.2, 0.25) is 0 Å². The third kappa shape index (κ3) is 26.0. The summed E-state index contributed by atoms with van der Waals surface area (Å²) in [5, 5.41) is 20.9. The number of unbranched alkanes of at least 4 members (excludes halogenated alkanes) is 19. The molecule has 1 unspecified atom stereocenters. The fraction of sp³-hybridized carbons (Fsp3) is 0.967. The number of aliphatic hydroxyl groups excluding tert-OH is 1. The summed E-state index contributed by atoms with van der Waals surface area (Å²) >= 11 is 0. The van der Waals surface area contributed by atoms with Gasteiger partial charge in [0.2, 0.25) is 0 Å². The quantitative estimate of drug-likeness (QED) is 0.0995. The number of hydrogen-bond donors (Lipinski definition) is 1. The summed E-state index contributed by atoms with van der Waals surface area (Å²) in [6, 6.07) is 0. The van der Waals surface area contributed by atoms with E-state index in [2.05, 4.69) is 21.0 Å². The van der Waals surface area contributed by atoms with Gasteiger partial charge < -0.3 is 19.5 Å². The molecular weight excluding hydrogens is 422 g/mol. The SMILES string of the molecule is CCCCCCCCCCCCCCCCC(O)C[N+](C)(C)CCCCCCCCCC(=O)[O-]. The molecule has 0 aliphatic rings. The van der Waals surface area contributed by atoms with Crippen molar-refractivity contribution in [2.75, 3.05) is 27.2 Å². The van der Waals surface area contributed by atoms with Crippen molar-refractivity contribution in [2.45, 2.75) is 161 Å². The van der Waals surface area contributed by atoms with Crippen LogP contribution in [0.5, 0.6) is 0 Å². The highest BCUT2D eigenvalue weighted by Crippen LogP contribution is 2.15. The average Bonchev–Trinajstić information content (AvgIpc) is 2.77. The number of quaternary nitrogens is 1. The first-order valence-electron chi connectivity index (χ1n) is 15.1. The summed E-state index contributed by atoms with van der Waals surface area (Å²) in [4.78, 5) is 10.4. The number of likely N-dealkylation sites (N-methyl/N-ethyl adjacent to an activating group) is 1. The minimum absolute atomic E-state index is 0.170. The molecule has 4 heteroatoms. The molecule has 0 fully saturated rings. The van der Waals surface area contributed by atoms with Gasteiger partial charge in [-0.15, -0.1) is 0 Å². The number of carbonyl (C=O) groups excluding carboxylic acids is 1. The van der Waals surface area contributed by atoms with Crippen molar-refractivity contribution in [3.8, 4) is 0 Å². The molecule has 0 amide bonds. The van der Waals surface area contributed by atoms with E-state index in [0.29, 0.717) is 0 Å². The predicted octanol–water partition coefficient (Wildman–Crippen LogP) is 7.17. The Morgan fingerprint density at radius 1 is 0.647 bits per heavy atom. The number of aliphatic carboxylic acids is 1. The zero-order valence-corrected chi connectivity index (χ0v) is 23.5. The van der Waals surface area contributed by atoms with E-state index in [4.69, 9.17) is 0 Å². The van der Waals surface area contributed by atoms with Crippen LogP contribution in [0, 0.1) is 0 Å². The molecule has 0 saturated heterocycles. The number of nitrogens with zero attached hydrogens (tertiary/aromatic N) is 1. The first-order chi connectivity index (χ1) is 16.4. The fourth-order valence-electron chi connectivity index (χ4n) is 5.02. The highest BCUT2D eigenvalue weighted by atomic mass is 16.4.